The number of rotatable bonds is 2. The largest absolute Gasteiger partial charge is 0.445 e. The molecule has 2 atom stereocenters. The van der Waals surface area contributed by atoms with Gasteiger partial charge in [0.05, 0.1) is 6.61 Å². The molecule has 0 aromatic rings. The van der Waals surface area contributed by atoms with Gasteiger partial charge in [-0.3, -0.25) is 9.59 Å². The Labute approximate surface area is 72.2 Å². The molecule has 13 heavy (non-hydrogen) atoms. The summed E-state index contributed by atoms with van der Waals surface area (Å²) in [5.41, 5.74) is 0. The molecule has 1 aliphatic heterocycles. The molecule has 1 heterocycles. The van der Waals surface area contributed by atoms with Crippen molar-refractivity contribution in [3.05, 3.63) is 0 Å². The van der Waals surface area contributed by atoms with Gasteiger partial charge in [-0.05, 0) is 0 Å². The number of aliphatic hydroxyl groups excluding tert-OH is 2. The molecule has 0 spiro atoms. The number of cyclic esters (lactones) is 1. The quantitative estimate of drug-likeness (QED) is 0.345. The molecule has 7 nitrogen and oxygen atoms in total. The molecule has 0 aromatic heterocycles. The van der Waals surface area contributed by atoms with Crippen molar-refractivity contribution in [2.24, 2.45) is 0 Å². The fraction of sp³-hybridized carbons (Fsp3) is 0.500. The Morgan fingerprint density at radius 2 is 1.92 bits per heavy atom. The third kappa shape index (κ3) is 1.89. The van der Waals surface area contributed by atoms with Gasteiger partial charge in [0, 0.05) is 0 Å². The third-order valence-corrected chi connectivity index (χ3v) is 1.44. The lowest BCUT2D eigenvalue weighted by molar-refractivity contribution is -0.152. The van der Waals surface area contributed by atoms with Crippen LogP contribution in [0, 0.1) is 0 Å². The van der Waals surface area contributed by atoms with Gasteiger partial charge in [0.25, 0.3) is 5.78 Å². The number of ether oxygens (including phenoxy) is 1. The zero-order chi connectivity index (χ0) is 9.30. The first kappa shape index (κ1) is 11.7. The minimum Gasteiger partial charge on any atom is -0.445 e. The second-order valence-corrected chi connectivity index (χ2v) is 2.27. The first-order valence-electron chi connectivity index (χ1n) is 3.16. The Morgan fingerprint density at radius 3 is 2.23 bits per heavy atom. The lowest BCUT2D eigenvalue weighted by atomic mass is 10.1. The summed E-state index contributed by atoms with van der Waals surface area (Å²) in [5, 5.41) is 17.2. The molecule has 0 bridgehead atoms. The van der Waals surface area contributed by atoms with E-state index in [1.165, 1.54) is 0 Å². The van der Waals surface area contributed by atoms with E-state index >= 15 is 0 Å². The van der Waals surface area contributed by atoms with Gasteiger partial charge in [-0.2, -0.15) is 0 Å². The molecule has 1 aliphatic rings. The molecule has 0 aromatic carbocycles. The van der Waals surface area contributed by atoms with Crippen LogP contribution in [0.15, 0.2) is 0 Å². The van der Waals surface area contributed by atoms with Crippen LogP contribution < -0.4 is 0 Å². The molecule has 0 unspecified atom stereocenters. The van der Waals surface area contributed by atoms with Gasteiger partial charge < -0.3 is 20.4 Å². The zero-order valence-corrected chi connectivity index (χ0v) is 6.39. The van der Waals surface area contributed by atoms with Crippen molar-refractivity contribution in [3.63, 3.8) is 0 Å². The Morgan fingerprint density at radius 1 is 1.38 bits per heavy atom. The predicted molar refractivity (Wildman–Crippen MR) is 36.6 cm³/mol. The SMILES string of the molecule is O.O=C1O[C@H]([C@@H](O)CO)C(=O)C1=O. The average Bonchev–Trinajstić information content (AvgIpc) is 2.32. The smallest absolute Gasteiger partial charge is 0.383 e. The van der Waals surface area contributed by atoms with E-state index in [1.807, 2.05) is 0 Å². The van der Waals surface area contributed by atoms with Crippen molar-refractivity contribution in [2.75, 3.05) is 6.61 Å². The van der Waals surface area contributed by atoms with Crippen LogP contribution in [0.25, 0.3) is 0 Å². The topological polar surface area (TPSA) is 132 Å². The third-order valence-electron chi connectivity index (χ3n) is 1.44. The predicted octanol–water partition coefficient (Wildman–Crippen LogP) is -3.42. The Kier molecular flexibility index (Phi) is 3.67. The summed E-state index contributed by atoms with van der Waals surface area (Å²) in [6.07, 6.45) is -3.05. The van der Waals surface area contributed by atoms with Crippen molar-refractivity contribution < 1.29 is 34.8 Å². The van der Waals surface area contributed by atoms with Crippen LogP contribution in [0.4, 0.5) is 0 Å². The van der Waals surface area contributed by atoms with Crippen LogP contribution in [0.2, 0.25) is 0 Å². The molecular formula is C6H8O7. The van der Waals surface area contributed by atoms with E-state index in [0.717, 1.165) is 0 Å². The number of aliphatic hydroxyl groups is 2. The molecule has 4 N–H and O–H groups in total. The van der Waals surface area contributed by atoms with Gasteiger partial charge in [0.2, 0.25) is 0 Å². The molecule has 1 fully saturated rings. The fourth-order valence-electron chi connectivity index (χ4n) is 0.801. The first-order valence-corrected chi connectivity index (χ1v) is 3.16. The standard InChI is InChI=1S/C6H6O6.H2O/c7-1-2(8)5-3(9)4(10)6(11)12-5;/h2,5,7-8H,1H2;1H2/t2-,5+;/m0./s1. The van der Waals surface area contributed by atoms with Crippen LogP contribution >= 0.6 is 0 Å². The summed E-state index contributed by atoms with van der Waals surface area (Å²) in [7, 11) is 0. The van der Waals surface area contributed by atoms with Crippen molar-refractivity contribution in [2.45, 2.75) is 12.2 Å². The average molecular weight is 192 g/mol. The van der Waals surface area contributed by atoms with Crippen LogP contribution in [0.3, 0.4) is 0 Å². The van der Waals surface area contributed by atoms with E-state index in [4.69, 9.17) is 10.2 Å². The highest BCUT2D eigenvalue weighted by Crippen LogP contribution is 2.10. The number of Topliss-reactive ketones (excluding diaryl/α,β-unsaturated/α-hetero) is 2. The molecule has 0 radical (unpaired) electrons. The maximum atomic E-state index is 10.7. The highest BCUT2D eigenvalue weighted by Gasteiger charge is 2.45. The van der Waals surface area contributed by atoms with Crippen molar-refractivity contribution in [1.82, 2.24) is 0 Å². The zero-order valence-electron chi connectivity index (χ0n) is 6.39. The van der Waals surface area contributed by atoms with Crippen LogP contribution in [-0.2, 0) is 19.1 Å². The van der Waals surface area contributed by atoms with E-state index in [9.17, 15) is 14.4 Å². The molecule has 0 amide bonds. The van der Waals surface area contributed by atoms with Gasteiger partial charge in [-0.15, -0.1) is 0 Å². The number of carbonyl (C=O) groups excluding carboxylic acids is 3. The minimum absolute atomic E-state index is 0. The molecule has 74 valence electrons. The van der Waals surface area contributed by atoms with E-state index in [-0.39, 0.29) is 5.48 Å². The highest BCUT2D eigenvalue weighted by atomic mass is 16.6. The maximum Gasteiger partial charge on any atom is 0.383 e. The second-order valence-electron chi connectivity index (χ2n) is 2.27. The number of esters is 1. The molecule has 0 aliphatic carbocycles. The van der Waals surface area contributed by atoms with Gasteiger partial charge in [0.1, 0.15) is 6.10 Å². The van der Waals surface area contributed by atoms with Gasteiger partial charge >= 0.3 is 11.8 Å². The lowest BCUT2D eigenvalue weighted by Crippen LogP contribution is -2.35. The van der Waals surface area contributed by atoms with Gasteiger partial charge in [-0.25, -0.2) is 4.79 Å². The Bertz CT molecular complexity index is 245. The van der Waals surface area contributed by atoms with Crippen molar-refractivity contribution in [3.8, 4) is 0 Å². The normalized spacial score (nSPS) is 23.8. The summed E-state index contributed by atoms with van der Waals surface area (Å²) in [5.74, 6) is -3.67. The summed E-state index contributed by atoms with van der Waals surface area (Å²) < 4.78 is 4.19. The number of carbonyl (C=O) groups is 3. The van der Waals surface area contributed by atoms with E-state index < -0.39 is 36.4 Å². The summed E-state index contributed by atoms with van der Waals surface area (Å²) in [4.78, 5) is 31.7. The molecular weight excluding hydrogens is 184 g/mol. The summed E-state index contributed by atoms with van der Waals surface area (Å²) in [6.45, 7) is -0.739. The molecule has 0 saturated carbocycles. The van der Waals surface area contributed by atoms with E-state index in [1.54, 1.807) is 0 Å². The fourth-order valence-corrected chi connectivity index (χ4v) is 0.801. The first-order chi connectivity index (χ1) is 5.57. The summed E-state index contributed by atoms with van der Waals surface area (Å²) in [6, 6.07) is 0. The number of hydrogen-bond donors (Lipinski definition) is 2. The highest BCUT2D eigenvalue weighted by molar-refractivity contribution is 6.65. The molecule has 1 rings (SSSR count). The van der Waals surface area contributed by atoms with Gasteiger partial charge in [-0.1, -0.05) is 0 Å². The molecule has 7 heteroatoms. The van der Waals surface area contributed by atoms with Gasteiger partial charge in [0.15, 0.2) is 6.10 Å². The van der Waals surface area contributed by atoms with E-state index in [2.05, 4.69) is 4.74 Å². The minimum atomic E-state index is -1.53. The number of ketones is 2. The van der Waals surface area contributed by atoms with Crippen LogP contribution in [0.1, 0.15) is 0 Å². The Balaban J connectivity index is 0.00000144. The Hall–Kier alpha value is -1.31. The maximum absolute atomic E-state index is 10.7. The van der Waals surface area contributed by atoms with E-state index in [0.29, 0.717) is 0 Å². The van der Waals surface area contributed by atoms with Crippen LogP contribution in [0.5, 0.6) is 0 Å². The lowest BCUT2D eigenvalue weighted by Gasteiger charge is -2.10. The monoisotopic (exact) mass is 192 g/mol. The summed E-state index contributed by atoms with van der Waals surface area (Å²) >= 11 is 0. The van der Waals surface area contributed by atoms with Crippen molar-refractivity contribution >= 4 is 17.5 Å². The van der Waals surface area contributed by atoms with Crippen molar-refractivity contribution in [1.29, 1.82) is 0 Å². The second kappa shape index (κ2) is 4.08. The van der Waals surface area contributed by atoms with Crippen LogP contribution in [-0.4, -0.2) is 52.0 Å². The molecule has 1 saturated heterocycles. The number of hydrogen-bond acceptors (Lipinski definition) is 6.